The van der Waals surface area contributed by atoms with Crippen LogP contribution in [0.3, 0.4) is 0 Å². The summed E-state index contributed by atoms with van der Waals surface area (Å²) in [6, 6.07) is 15.2. The second kappa shape index (κ2) is 13.5. The van der Waals surface area contributed by atoms with E-state index < -0.39 is 10.1 Å². The number of hydrogen-bond donors (Lipinski definition) is 1. The number of fused-ring (bicyclic) bond motifs is 2. The number of rotatable bonds is 12. The number of anilines is 1. The number of aryl methyl sites for hydroxylation is 1. The van der Waals surface area contributed by atoms with Gasteiger partial charge in [-0.2, -0.15) is 13.0 Å². The second-order valence-corrected chi connectivity index (χ2v) is 15.7. The molecule has 6 nitrogen and oxygen atoms in total. The highest BCUT2D eigenvalue weighted by Gasteiger charge is 2.44. The third kappa shape index (κ3) is 6.92. The molecule has 0 saturated heterocycles. The molecule has 3 heterocycles. The van der Waals surface area contributed by atoms with Crippen LogP contribution < -0.4 is 4.90 Å². The average Bonchev–Trinajstić information content (AvgIpc) is 3.53. The van der Waals surface area contributed by atoms with Gasteiger partial charge in [0.25, 0.3) is 10.1 Å². The fraction of sp³-hybridized carbons (Fsp3) is 0.447. The number of allylic oxidation sites excluding steroid dienone is 5. The Bertz CT molecular complexity index is 1760. The lowest BCUT2D eigenvalue weighted by molar-refractivity contribution is -0.438. The zero-order valence-corrected chi connectivity index (χ0v) is 29.6. The molecule has 0 aromatic heterocycles. The minimum absolute atomic E-state index is 0.139. The van der Waals surface area contributed by atoms with Crippen molar-refractivity contribution in [1.82, 2.24) is 0 Å². The van der Waals surface area contributed by atoms with Crippen LogP contribution in [0.1, 0.15) is 83.4 Å². The van der Waals surface area contributed by atoms with Gasteiger partial charge in [-0.25, -0.2) is 0 Å². The molecule has 8 heteroatoms. The van der Waals surface area contributed by atoms with E-state index in [1.165, 1.54) is 40.9 Å². The number of unbranched alkanes of at least 4 members (excludes halogenated alkanes) is 3. The summed E-state index contributed by atoms with van der Waals surface area (Å²) >= 11 is 6.97. The molecule has 3 aliphatic heterocycles. The lowest BCUT2D eigenvalue weighted by Gasteiger charge is -2.27. The summed E-state index contributed by atoms with van der Waals surface area (Å²) in [5.74, 6) is 0.437. The van der Waals surface area contributed by atoms with E-state index in [0.29, 0.717) is 36.8 Å². The zero-order valence-electron chi connectivity index (χ0n) is 28.1. The smallest absolute Gasteiger partial charge is 0.264 e. The Balaban J connectivity index is 1.43. The lowest BCUT2D eigenvalue weighted by atomic mass is 9.81. The first-order valence-corrected chi connectivity index (χ1v) is 18.4. The van der Waals surface area contributed by atoms with E-state index in [2.05, 4.69) is 112 Å². The Morgan fingerprint density at radius 2 is 1.74 bits per heavy atom. The molecule has 0 spiro atoms. The highest BCUT2D eigenvalue weighted by molar-refractivity contribution is 7.85. The van der Waals surface area contributed by atoms with E-state index >= 15 is 0 Å². The van der Waals surface area contributed by atoms with Gasteiger partial charge in [-0.3, -0.25) is 4.55 Å². The number of halogens is 1. The van der Waals surface area contributed by atoms with Gasteiger partial charge in [0.2, 0.25) is 5.69 Å². The Labute approximate surface area is 280 Å². The van der Waals surface area contributed by atoms with Crippen LogP contribution in [-0.2, 0) is 25.7 Å². The van der Waals surface area contributed by atoms with Crippen molar-refractivity contribution < 1.29 is 22.3 Å². The molecule has 5 rings (SSSR count). The molecule has 0 amide bonds. The van der Waals surface area contributed by atoms with Crippen LogP contribution in [0.2, 0.25) is 0 Å². The Morgan fingerprint density at radius 1 is 0.978 bits per heavy atom. The van der Waals surface area contributed by atoms with Crippen molar-refractivity contribution >= 4 is 38.8 Å². The Hall–Kier alpha value is -3.13. The van der Waals surface area contributed by atoms with Crippen LogP contribution in [0, 0.1) is 6.92 Å². The minimum atomic E-state index is -3.98. The van der Waals surface area contributed by atoms with Crippen LogP contribution >= 0.6 is 11.6 Å². The topological polar surface area (TPSA) is 69.9 Å². The highest BCUT2D eigenvalue weighted by atomic mass is 35.5. The third-order valence-corrected chi connectivity index (χ3v) is 10.8. The van der Waals surface area contributed by atoms with Gasteiger partial charge in [-0.1, -0.05) is 80.8 Å². The lowest BCUT2D eigenvalue weighted by Crippen LogP contribution is -2.28. The van der Waals surface area contributed by atoms with Crippen molar-refractivity contribution in [2.75, 3.05) is 30.3 Å². The van der Waals surface area contributed by atoms with Crippen LogP contribution in [0.5, 0.6) is 0 Å². The van der Waals surface area contributed by atoms with E-state index in [0.717, 1.165) is 29.9 Å². The summed E-state index contributed by atoms with van der Waals surface area (Å²) in [5.41, 5.74) is 9.05. The SMILES string of the molecule is CCCCC[N+]1=C(/C=C/C2=C(Cl)C(=C/C=C3/N(CCCCS(=O)(=O)O)c4ccc(C)cc4C3(C)C)/CO2)C(C)(C)c2ccccc21. The van der Waals surface area contributed by atoms with Crippen LogP contribution in [-0.4, -0.2) is 48.7 Å². The number of benzene rings is 2. The van der Waals surface area contributed by atoms with Gasteiger partial charge in [0.1, 0.15) is 18.9 Å². The zero-order chi connectivity index (χ0) is 33.3. The quantitative estimate of drug-likeness (QED) is 0.140. The van der Waals surface area contributed by atoms with Crippen LogP contribution in [0.4, 0.5) is 11.4 Å². The van der Waals surface area contributed by atoms with E-state index in [-0.39, 0.29) is 16.6 Å². The summed E-state index contributed by atoms with van der Waals surface area (Å²) in [6.07, 6.45) is 12.9. The summed E-state index contributed by atoms with van der Waals surface area (Å²) in [6.45, 7) is 15.3. The maximum atomic E-state index is 11.3. The third-order valence-electron chi connectivity index (χ3n) is 9.58. The van der Waals surface area contributed by atoms with Gasteiger partial charge in [-0.15, -0.1) is 0 Å². The van der Waals surface area contributed by atoms with E-state index in [4.69, 9.17) is 16.3 Å². The maximum absolute atomic E-state index is 11.3. The summed E-state index contributed by atoms with van der Waals surface area (Å²) < 4.78 is 40.4. The molecule has 0 unspecified atom stereocenters. The number of para-hydroxylation sites is 1. The normalized spacial score (nSPS) is 20.4. The van der Waals surface area contributed by atoms with Gasteiger partial charge < -0.3 is 9.64 Å². The molecule has 1 N–H and O–H groups in total. The van der Waals surface area contributed by atoms with Crippen molar-refractivity contribution in [2.24, 2.45) is 0 Å². The molecule has 246 valence electrons. The molecule has 0 aliphatic carbocycles. The highest BCUT2D eigenvalue weighted by Crippen LogP contribution is 2.48. The van der Waals surface area contributed by atoms with Crippen molar-refractivity contribution in [3.05, 3.63) is 106 Å². The first-order valence-electron chi connectivity index (χ1n) is 16.5. The van der Waals surface area contributed by atoms with Crippen molar-refractivity contribution in [3.63, 3.8) is 0 Å². The first kappa shape index (κ1) is 34.2. The summed E-state index contributed by atoms with van der Waals surface area (Å²) in [5, 5.41) is 0.614. The molecule has 0 fully saturated rings. The standard InChI is InChI=1S/C38H47ClN2O4S/c1-7-8-11-22-40-31-15-10-9-14-29(31)37(3,4)35(40)21-19-33-36(39)28(26-45-33)17-20-34-38(5,6)30-25-27(2)16-18-32(30)41(34)23-12-13-24-46(42,43)44/h9-10,14-21,25H,7-8,11-13,22-24,26H2,1-6H3/p+1. The van der Waals surface area contributed by atoms with Gasteiger partial charge >= 0.3 is 0 Å². The molecule has 0 saturated carbocycles. The molecule has 0 bridgehead atoms. The molecular weight excluding hydrogens is 616 g/mol. The molecule has 46 heavy (non-hydrogen) atoms. The molecular formula is C38H48ClN2O4S+. The van der Waals surface area contributed by atoms with Crippen molar-refractivity contribution in [3.8, 4) is 0 Å². The van der Waals surface area contributed by atoms with Gasteiger partial charge in [0.05, 0.1) is 16.2 Å². The van der Waals surface area contributed by atoms with Crippen LogP contribution in [0.15, 0.2) is 88.8 Å². The van der Waals surface area contributed by atoms with Crippen LogP contribution in [0.25, 0.3) is 0 Å². The number of nitrogens with zero attached hydrogens (tertiary/aromatic N) is 2. The number of hydrogen-bond acceptors (Lipinski definition) is 4. The minimum Gasteiger partial charge on any atom is -0.487 e. The first-order chi connectivity index (χ1) is 21.8. The average molecular weight is 664 g/mol. The van der Waals surface area contributed by atoms with E-state index in [1.807, 2.05) is 6.08 Å². The van der Waals surface area contributed by atoms with Gasteiger partial charge in [0.15, 0.2) is 5.71 Å². The predicted octanol–water partition coefficient (Wildman–Crippen LogP) is 8.87. The fourth-order valence-electron chi connectivity index (χ4n) is 7.00. The van der Waals surface area contributed by atoms with Gasteiger partial charge in [0, 0.05) is 53.0 Å². The number of ether oxygens (including phenoxy) is 1. The second-order valence-electron chi connectivity index (χ2n) is 13.7. The largest absolute Gasteiger partial charge is 0.487 e. The fourth-order valence-corrected chi connectivity index (χ4v) is 7.81. The molecule has 2 aromatic carbocycles. The Kier molecular flexibility index (Phi) is 10.1. The summed E-state index contributed by atoms with van der Waals surface area (Å²) in [4.78, 5) is 2.27. The molecule has 0 radical (unpaired) electrons. The monoisotopic (exact) mass is 663 g/mol. The van der Waals surface area contributed by atoms with Crippen molar-refractivity contribution in [2.45, 2.75) is 84.5 Å². The molecule has 3 aliphatic rings. The van der Waals surface area contributed by atoms with Crippen molar-refractivity contribution in [1.29, 1.82) is 0 Å². The molecule has 0 atom stereocenters. The van der Waals surface area contributed by atoms with E-state index in [1.54, 1.807) is 0 Å². The van der Waals surface area contributed by atoms with Gasteiger partial charge in [-0.05, 0) is 63.8 Å². The summed E-state index contributed by atoms with van der Waals surface area (Å²) in [7, 11) is -3.98. The van der Waals surface area contributed by atoms with E-state index in [9.17, 15) is 13.0 Å². The maximum Gasteiger partial charge on any atom is 0.264 e. The predicted molar refractivity (Wildman–Crippen MR) is 190 cm³/mol. The Morgan fingerprint density at radius 3 is 2.48 bits per heavy atom. The molecule has 2 aromatic rings.